The van der Waals surface area contributed by atoms with E-state index >= 15 is 0 Å². The lowest BCUT2D eigenvalue weighted by molar-refractivity contribution is 0.122. The fraction of sp³-hybridized carbons (Fsp3) is 0.571. The molecule has 0 aromatic heterocycles. The van der Waals surface area contributed by atoms with Gasteiger partial charge >= 0.3 is 0 Å². The van der Waals surface area contributed by atoms with Crippen LogP contribution >= 0.6 is 0 Å². The summed E-state index contributed by atoms with van der Waals surface area (Å²) < 4.78 is 11.0. The maximum atomic E-state index is 9.56. The van der Waals surface area contributed by atoms with E-state index in [1.54, 1.807) is 6.07 Å². The number of phenolic OH excluding ortho intramolecular Hbond substituents is 1. The largest absolute Gasteiger partial charge is 0.508 e. The van der Waals surface area contributed by atoms with Crippen LogP contribution < -0.4 is 0 Å². The van der Waals surface area contributed by atoms with Crippen molar-refractivity contribution in [1.82, 2.24) is 0 Å². The molecule has 1 aromatic rings. The Bertz CT molecular complexity index is 318. The molecule has 1 rings (SSSR count). The third-order valence-corrected chi connectivity index (χ3v) is 3.61. The molecular formula is C14H22O3Si. The summed E-state index contributed by atoms with van der Waals surface area (Å²) in [5.41, 5.74) is 0.943. The predicted octanol–water partition coefficient (Wildman–Crippen LogP) is 2.81. The minimum Gasteiger partial charge on any atom is -0.508 e. The van der Waals surface area contributed by atoms with Crippen molar-refractivity contribution < 1.29 is 14.3 Å². The van der Waals surface area contributed by atoms with Crippen molar-refractivity contribution in [3.8, 4) is 5.75 Å². The van der Waals surface area contributed by atoms with Gasteiger partial charge in [0.1, 0.15) is 5.75 Å². The third-order valence-electron chi connectivity index (χ3n) is 2.50. The van der Waals surface area contributed by atoms with Crippen molar-refractivity contribution in [3.63, 3.8) is 0 Å². The molecule has 100 valence electrons. The van der Waals surface area contributed by atoms with Gasteiger partial charge in [-0.25, -0.2) is 0 Å². The second kappa shape index (κ2) is 10.1. The molecule has 0 atom stereocenters. The summed E-state index contributed by atoms with van der Waals surface area (Å²) in [5, 5.41) is 9.56. The average molecular weight is 266 g/mol. The first-order chi connectivity index (χ1) is 8.84. The summed E-state index contributed by atoms with van der Waals surface area (Å²) in [6.45, 7) is 4.33. The summed E-state index contributed by atoms with van der Waals surface area (Å²) in [5.74, 6) is 0.352. The topological polar surface area (TPSA) is 38.7 Å². The molecule has 18 heavy (non-hydrogen) atoms. The van der Waals surface area contributed by atoms with E-state index in [1.165, 1.54) is 6.42 Å². The molecule has 4 heteroatoms. The maximum Gasteiger partial charge on any atom is 0.229 e. The summed E-state index contributed by atoms with van der Waals surface area (Å²) in [4.78, 5) is 0. The molecule has 1 aromatic carbocycles. The number of benzene rings is 1. The van der Waals surface area contributed by atoms with Gasteiger partial charge in [-0.1, -0.05) is 31.5 Å². The molecule has 0 spiro atoms. The molecule has 0 aliphatic carbocycles. The first kappa shape index (κ1) is 15.2. The van der Waals surface area contributed by atoms with Crippen molar-refractivity contribution in [2.75, 3.05) is 19.8 Å². The number of hydrogen-bond donors (Lipinski definition) is 1. The molecule has 0 fully saturated rings. The van der Waals surface area contributed by atoms with Crippen LogP contribution in [0.15, 0.2) is 24.3 Å². The normalized spacial score (nSPS) is 10.7. The van der Waals surface area contributed by atoms with Crippen LogP contribution in [0.1, 0.15) is 25.3 Å². The van der Waals surface area contributed by atoms with Gasteiger partial charge in [0.2, 0.25) is 9.76 Å². The molecule has 0 saturated heterocycles. The van der Waals surface area contributed by atoms with Crippen LogP contribution in [-0.4, -0.2) is 34.7 Å². The van der Waals surface area contributed by atoms with E-state index in [4.69, 9.17) is 9.16 Å². The van der Waals surface area contributed by atoms with Gasteiger partial charge in [-0.3, -0.25) is 0 Å². The van der Waals surface area contributed by atoms with Crippen molar-refractivity contribution in [2.24, 2.45) is 0 Å². The number of phenols is 1. The minimum atomic E-state index is 0.352. The molecule has 3 nitrogen and oxygen atoms in total. The van der Waals surface area contributed by atoms with E-state index in [-0.39, 0.29) is 0 Å². The summed E-state index contributed by atoms with van der Waals surface area (Å²) in [7, 11) is 0.632. The summed E-state index contributed by atoms with van der Waals surface area (Å²) in [6, 6.07) is 8.55. The zero-order valence-electron chi connectivity index (χ0n) is 11.0. The van der Waals surface area contributed by atoms with Crippen molar-refractivity contribution in [2.45, 2.75) is 32.2 Å². The van der Waals surface area contributed by atoms with Crippen LogP contribution in [0.5, 0.6) is 5.75 Å². The van der Waals surface area contributed by atoms with Gasteiger partial charge in [-0.05, 0) is 30.5 Å². The predicted molar refractivity (Wildman–Crippen MR) is 74.1 cm³/mol. The standard InChI is InChI=1S/C14H22O3Si/c1-2-12-18-17-10-5-9-16-11-8-13-6-3-4-7-14(13)15/h3-4,6-7,15H,2,5,8-12H2,1H3. The molecular weight excluding hydrogens is 244 g/mol. The molecule has 0 unspecified atom stereocenters. The van der Waals surface area contributed by atoms with Crippen LogP contribution in [-0.2, 0) is 15.6 Å². The molecule has 0 heterocycles. The number of para-hydroxylation sites is 1. The van der Waals surface area contributed by atoms with Gasteiger partial charge in [0, 0.05) is 13.2 Å². The lowest BCUT2D eigenvalue weighted by atomic mass is 10.1. The van der Waals surface area contributed by atoms with Crippen molar-refractivity contribution >= 4 is 9.76 Å². The van der Waals surface area contributed by atoms with Gasteiger partial charge in [-0.15, -0.1) is 0 Å². The van der Waals surface area contributed by atoms with E-state index in [1.807, 2.05) is 18.2 Å². The van der Waals surface area contributed by atoms with Crippen LogP contribution in [0.3, 0.4) is 0 Å². The summed E-state index contributed by atoms with van der Waals surface area (Å²) in [6.07, 6.45) is 2.89. The first-order valence-electron chi connectivity index (χ1n) is 6.54. The van der Waals surface area contributed by atoms with E-state index in [9.17, 15) is 5.11 Å². The number of aromatic hydroxyl groups is 1. The minimum absolute atomic E-state index is 0.352. The van der Waals surface area contributed by atoms with Crippen molar-refractivity contribution in [1.29, 1.82) is 0 Å². The second-order valence-corrected chi connectivity index (χ2v) is 5.16. The van der Waals surface area contributed by atoms with Crippen LogP contribution in [0.2, 0.25) is 6.04 Å². The van der Waals surface area contributed by atoms with Gasteiger partial charge in [0.15, 0.2) is 0 Å². The van der Waals surface area contributed by atoms with E-state index in [0.717, 1.165) is 37.7 Å². The first-order valence-corrected chi connectivity index (χ1v) is 7.65. The Balaban J connectivity index is 1.94. The Kier molecular flexibility index (Phi) is 8.55. The lowest BCUT2D eigenvalue weighted by Gasteiger charge is -2.06. The Hall–Kier alpha value is -0.843. The molecule has 1 N–H and O–H groups in total. The molecule has 2 radical (unpaired) electrons. The average Bonchev–Trinajstić information content (AvgIpc) is 2.39. The van der Waals surface area contributed by atoms with Crippen molar-refractivity contribution in [3.05, 3.63) is 29.8 Å². The quantitative estimate of drug-likeness (QED) is 0.523. The molecule has 0 saturated carbocycles. The third kappa shape index (κ3) is 6.79. The van der Waals surface area contributed by atoms with Gasteiger partial charge in [0.05, 0.1) is 6.61 Å². The lowest BCUT2D eigenvalue weighted by Crippen LogP contribution is -2.05. The summed E-state index contributed by atoms with van der Waals surface area (Å²) >= 11 is 0. The maximum absolute atomic E-state index is 9.56. The molecule has 0 aliphatic rings. The second-order valence-electron chi connectivity index (χ2n) is 4.09. The highest BCUT2D eigenvalue weighted by Gasteiger charge is 1.99. The van der Waals surface area contributed by atoms with Crippen LogP contribution in [0.25, 0.3) is 0 Å². The zero-order valence-corrected chi connectivity index (χ0v) is 12.0. The van der Waals surface area contributed by atoms with Crippen LogP contribution in [0.4, 0.5) is 0 Å². The smallest absolute Gasteiger partial charge is 0.229 e. The highest BCUT2D eigenvalue weighted by molar-refractivity contribution is 6.26. The van der Waals surface area contributed by atoms with Gasteiger partial charge in [-0.2, -0.15) is 0 Å². The van der Waals surface area contributed by atoms with Crippen LogP contribution in [0, 0.1) is 0 Å². The van der Waals surface area contributed by atoms with E-state index in [0.29, 0.717) is 22.1 Å². The van der Waals surface area contributed by atoms with E-state index in [2.05, 4.69) is 6.92 Å². The highest BCUT2D eigenvalue weighted by Crippen LogP contribution is 2.15. The Morgan fingerprint density at radius 1 is 1.17 bits per heavy atom. The van der Waals surface area contributed by atoms with Gasteiger partial charge < -0.3 is 14.3 Å². The highest BCUT2D eigenvalue weighted by atomic mass is 28.2. The molecule has 0 bridgehead atoms. The zero-order chi connectivity index (χ0) is 13.1. The fourth-order valence-electron chi connectivity index (χ4n) is 1.49. The number of ether oxygens (including phenoxy) is 1. The number of hydrogen-bond acceptors (Lipinski definition) is 3. The Labute approximate surface area is 112 Å². The van der Waals surface area contributed by atoms with Gasteiger partial charge in [0.25, 0.3) is 0 Å². The molecule has 0 amide bonds. The SMILES string of the molecule is CCC[Si]OCCCOCCc1ccccc1O. The Morgan fingerprint density at radius 2 is 2.00 bits per heavy atom. The molecule has 0 aliphatic heterocycles. The fourth-order valence-corrected chi connectivity index (χ4v) is 2.12. The number of rotatable bonds is 10. The van der Waals surface area contributed by atoms with E-state index < -0.39 is 0 Å². The monoisotopic (exact) mass is 266 g/mol. The Morgan fingerprint density at radius 3 is 2.78 bits per heavy atom.